The van der Waals surface area contributed by atoms with Crippen LogP contribution < -0.4 is 9.92 Å². The SMILES string of the molecule is CC(=O)O.CCCS(=O)(=O)Oc1ccc(C2(c3cccc(-c4cc(Cl)ccc4Cl)c3)N=C(N)N3CCCN=C32)cc1. The second kappa shape index (κ2) is 12.5. The van der Waals surface area contributed by atoms with E-state index in [1.165, 1.54) is 0 Å². The molecule has 0 bridgehead atoms. The molecule has 2 heterocycles. The van der Waals surface area contributed by atoms with Gasteiger partial charge >= 0.3 is 10.1 Å². The lowest BCUT2D eigenvalue weighted by molar-refractivity contribution is -0.134. The van der Waals surface area contributed by atoms with Gasteiger partial charge in [-0.05, 0) is 65.9 Å². The fourth-order valence-electron chi connectivity index (χ4n) is 4.79. The molecule has 12 heteroatoms. The molecule has 5 rings (SSSR count). The number of carboxylic acids is 1. The maximum atomic E-state index is 12.2. The summed E-state index contributed by atoms with van der Waals surface area (Å²) in [6, 6.07) is 20.2. The van der Waals surface area contributed by atoms with Crippen LogP contribution in [0.4, 0.5) is 0 Å². The molecule has 1 unspecified atom stereocenters. The quantitative estimate of drug-likeness (QED) is 0.332. The smallest absolute Gasteiger partial charge is 0.309 e. The molecule has 0 aliphatic carbocycles. The predicted octanol–water partition coefficient (Wildman–Crippen LogP) is 5.55. The van der Waals surface area contributed by atoms with E-state index in [0.717, 1.165) is 41.4 Å². The fraction of sp³-hybridized carbons (Fsp3) is 0.276. The van der Waals surface area contributed by atoms with Crippen molar-refractivity contribution < 1.29 is 22.5 Å². The van der Waals surface area contributed by atoms with Crippen LogP contribution in [0.15, 0.2) is 76.7 Å². The highest BCUT2D eigenvalue weighted by Gasteiger charge is 2.49. The molecule has 3 aromatic carbocycles. The number of nitrogens with two attached hydrogens (primary N) is 1. The topological polar surface area (TPSA) is 135 Å². The first-order chi connectivity index (χ1) is 19.5. The molecule has 1 atom stereocenters. The largest absolute Gasteiger partial charge is 0.481 e. The number of rotatable bonds is 7. The zero-order valence-electron chi connectivity index (χ0n) is 22.5. The molecule has 0 fully saturated rings. The molecular weight excluding hydrogens is 587 g/mol. The molecule has 216 valence electrons. The van der Waals surface area contributed by atoms with E-state index in [-0.39, 0.29) is 11.5 Å². The van der Waals surface area contributed by atoms with E-state index < -0.39 is 21.6 Å². The minimum atomic E-state index is -3.66. The van der Waals surface area contributed by atoms with Crippen molar-refractivity contribution in [1.82, 2.24) is 4.90 Å². The summed E-state index contributed by atoms with van der Waals surface area (Å²) in [5.74, 6) is 0.474. The van der Waals surface area contributed by atoms with Gasteiger partial charge in [-0.15, -0.1) is 0 Å². The summed E-state index contributed by atoms with van der Waals surface area (Å²) < 4.78 is 29.6. The van der Waals surface area contributed by atoms with E-state index in [1.54, 1.807) is 31.2 Å². The van der Waals surface area contributed by atoms with Crippen molar-refractivity contribution in [3.8, 4) is 16.9 Å². The van der Waals surface area contributed by atoms with Crippen LogP contribution in [0, 0.1) is 0 Å². The Kier molecular flexibility index (Phi) is 9.26. The van der Waals surface area contributed by atoms with Gasteiger partial charge in [0.25, 0.3) is 5.97 Å². The van der Waals surface area contributed by atoms with Crippen LogP contribution in [0.5, 0.6) is 5.75 Å². The molecule has 41 heavy (non-hydrogen) atoms. The van der Waals surface area contributed by atoms with Crippen molar-refractivity contribution in [2.75, 3.05) is 18.8 Å². The second-order valence-electron chi connectivity index (χ2n) is 9.48. The molecule has 0 radical (unpaired) electrons. The molecule has 0 saturated heterocycles. The number of amidine groups is 1. The summed E-state index contributed by atoms with van der Waals surface area (Å²) in [5, 5.41) is 8.58. The van der Waals surface area contributed by atoms with Gasteiger partial charge in [0.05, 0.1) is 5.75 Å². The average molecular weight is 618 g/mol. The number of carboxylic acid groups (broad SMARTS) is 1. The lowest BCUT2D eigenvalue weighted by atomic mass is 9.81. The molecule has 3 aromatic rings. The summed E-state index contributed by atoms with van der Waals surface area (Å²) in [4.78, 5) is 20.8. The first kappa shape index (κ1) is 30.4. The molecule has 0 spiro atoms. The monoisotopic (exact) mass is 616 g/mol. The first-order valence-electron chi connectivity index (χ1n) is 12.9. The van der Waals surface area contributed by atoms with E-state index in [1.807, 2.05) is 47.4 Å². The van der Waals surface area contributed by atoms with Crippen LogP contribution in [0.3, 0.4) is 0 Å². The van der Waals surface area contributed by atoms with Crippen molar-refractivity contribution >= 4 is 51.1 Å². The number of aliphatic carboxylic acids is 1. The summed E-state index contributed by atoms with van der Waals surface area (Å²) >= 11 is 12.8. The number of benzene rings is 3. The maximum Gasteiger partial charge on any atom is 0.309 e. The maximum absolute atomic E-state index is 12.2. The number of halogens is 2. The molecule has 2 aliphatic rings. The van der Waals surface area contributed by atoms with Gasteiger partial charge in [-0.25, -0.2) is 4.99 Å². The molecular formula is C29H30Cl2N4O5S. The van der Waals surface area contributed by atoms with Gasteiger partial charge < -0.3 is 15.0 Å². The zero-order valence-corrected chi connectivity index (χ0v) is 24.9. The highest BCUT2D eigenvalue weighted by atomic mass is 35.5. The normalized spacial score (nSPS) is 18.0. The Morgan fingerprint density at radius 2 is 1.80 bits per heavy atom. The summed E-state index contributed by atoms with van der Waals surface area (Å²) in [6.07, 6.45) is 1.34. The van der Waals surface area contributed by atoms with Crippen LogP contribution in [-0.4, -0.2) is 55.0 Å². The van der Waals surface area contributed by atoms with E-state index in [4.69, 9.17) is 53.0 Å². The van der Waals surface area contributed by atoms with Gasteiger partial charge in [0, 0.05) is 35.6 Å². The number of nitrogens with zero attached hydrogens (tertiary/aromatic N) is 3. The van der Waals surface area contributed by atoms with Gasteiger partial charge in [0.15, 0.2) is 11.5 Å². The Labute approximate surface area is 249 Å². The van der Waals surface area contributed by atoms with Gasteiger partial charge in [-0.1, -0.05) is 60.5 Å². The Bertz CT molecular complexity index is 1610. The van der Waals surface area contributed by atoms with E-state index in [2.05, 4.69) is 0 Å². The third kappa shape index (κ3) is 6.66. The number of guanidine groups is 1. The minimum absolute atomic E-state index is 0.0515. The molecule has 0 aromatic heterocycles. The zero-order chi connectivity index (χ0) is 29.8. The third-order valence-electron chi connectivity index (χ3n) is 6.41. The highest BCUT2D eigenvalue weighted by molar-refractivity contribution is 7.87. The first-order valence-corrected chi connectivity index (χ1v) is 15.3. The lowest BCUT2D eigenvalue weighted by Crippen LogP contribution is -2.46. The Hall–Kier alpha value is -3.60. The number of aliphatic imine (C=N–C) groups is 2. The van der Waals surface area contributed by atoms with Crippen LogP contribution in [-0.2, 0) is 20.5 Å². The Balaban J connectivity index is 0.000000909. The standard InChI is InChI=1S/C27H26Cl2N4O3S.C2H4O2/c1-2-15-37(34,35)36-22-10-7-19(8-11-22)27(25-31-13-4-14-33(25)26(30)32-27)20-6-3-5-18(16-20)23-17-21(28)9-12-24(23)29;1-2(3)4/h3,5-12,16-17H,2,4,13-15H2,1H3,(H2,30,32);1H3,(H,3,4). The highest BCUT2D eigenvalue weighted by Crippen LogP contribution is 2.43. The molecule has 0 saturated carbocycles. The van der Waals surface area contributed by atoms with Crippen molar-refractivity contribution in [2.45, 2.75) is 32.2 Å². The van der Waals surface area contributed by atoms with Crippen molar-refractivity contribution in [3.63, 3.8) is 0 Å². The summed E-state index contributed by atoms with van der Waals surface area (Å²) in [7, 11) is -3.66. The molecule has 0 amide bonds. The lowest BCUT2D eigenvalue weighted by Gasteiger charge is -2.33. The van der Waals surface area contributed by atoms with E-state index in [9.17, 15) is 8.42 Å². The van der Waals surface area contributed by atoms with Crippen LogP contribution in [0.2, 0.25) is 10.0 Å². The number of fused-ring (bicyclic) bond motifs is 1. The van der Waals surface area contributed by atoms with Gasteiger partial charge in [0.1, 0.15) is 11.6 Å². The summed E-state index contributed by atoms with van der Waals surface area (Å²) in [6.45, 7) is 4.25. The van der Waals surface area contributed by atoms with Crippen LogP contribution in [0.1, 0.15) is 37.8 Å². The van der Waals surface area contributed by atoms with Crippen LogP contribution >= 0.6 is 23.2 Å². The summed E-state index contributed by atoms with van der Waals surface area (Å²) in [5.41, 5.74) is 8.72. The van der Waals surface area contributed by atoms with Gasteiger partial charge in [-0.2, -0.15) is 8.42 Å². The van der Waals surface area contributed by atoms with Crippen molar-refractivity contribution in [1.29, 1.82) is 0 Å². The molecule has 9 nitrogen and oxygen atoms in total. The van der Waals surface area contributed by atoms with E-state index in [0.29, 0.717) is 35.5 Å². The molecule has 2 aliphatic heterocycles. The van der Waals surface area contributed by atoms with Crippen molar-refractivity contribution in [2.24, 2.45) is 15.7 Å². The van der Waals surface area contributed by atoms with Gasteiger partial charge in [-0.3, -0.25) is 14.7 Å². The number of hydrogen-bond donors (Lipinski definition) is 2. The second-order valence-corrected chi connectivity index (χ2v) is 12.0. The van der Waals surface area contributed by atoms with Crippen molar-refractivity contribution in [3.05, 3.63) is 87.9 Å². The Morgan fingerprint density at radius 1 is 1.10 bits per heavy atom. The fourth-order valence-corrected chi connectivity index (χ4v) is 6.18. The average Bonchev–Trinajstić information content (AvgIpc) is 3.23. The van der Waals surface area contributed by atoms with E-state index >= 15 is 0 Å². The Morgan fingerprint density at radius 3 is 2.49 bits per heavy atom. The number of carbonyl (C=O) groups is 1. The third-order valence-corrected chi connectivity index (χ3v) is 8.33. The molecule has 3 N–H and O–H groups in total. The van der Waals surface area contributed by atoms with Crippen LogP contribution in [0.25, 0.3) is 11.1 Å². The minimum Gasteiger partial charge on any atom is -0.481 e. The predicted molar refractivity (Wildman–Crippen MR) is 162 cm³/mol. The van der Waals surface area contributed by atoms with Gasteiger partial charge in [0.2, 0.25) is 0 Å². The number of hydrogen-bond acceptors (Lipinski definition) is 8.